The summed E-state index contributed by atoms with van der Waals surface area (Å²) in [7, 11) is 0. The average molecular weight is 496 g/mol. The average Bonchev–Trinajstić information content (AvgIpc) is 3.53. The van der Waals surface area contributed by atoms with Crippen LogP contribution in [0.5, 0.6) is 17.2 Å². The highest BCUT2D eigenvalue weighted by atomic mass is 32.1. The van der Waals surface area contributed by atoms with E-state index >= 15 is 0 Å². The first-order chi connectivity index (χ1) is 17.2. The highest BCUT2D eigenvalue weighted by Crippen LogP contribution is 2.35. The minimum absolute atomic E-state index is 0.110. The second-order valence-electron chi connectivity index (χ2n) is 8.28. The van der Waals surface area contributed by atoms with E-state index < -0.39 is 0 Å². The van der Waals surface area contributed by atoms with Gasteiger partial charge in [-0.2, -0.15) is 0 Å². The molecule has 8 nitrogen and oxygen atoms in total. The standard InChI is InChI=1S/C26H29N3O5S/c1-2-32-21-5-3-6-23-25(21)27-26(35-23)29(12-4-11-28-13-15-31-16-14-28)24(30)10-8-19-7-9-20-22(17-19)34-18-33-20/h3,5-10,17H,2,4,11-16,18H2,1H3/b10-8+. The summed E-state index contributed by atoms with van der Waals surface area (Å²) in [6.07, 6.45) is 4.25. The maximum Gasteiger partial charge on any atom is 0.252 e. The number of morpholine rings is 1. The lowest BCUT2D eigenvalue weighted by Crippen LogP contribution is -2.39. The summed E-state index contributed by atoms with van der Waals surface area (Å²) in [4.78, 5) is 22.4. The van der Waals surface area contributed by atoms with Crippen LogP contribution >= 0.6 is 11.3 Å². The lowest BCUT2D eigenvalue weighted by atomic mass is 10.2. The van der Waals surface area contributed by atoms with Crippen LogP contribution in [-0.4, -0.2) is 68.6 Å². The number of carbonyl (C=O) groups is 1. The predicted molar refractivity (Wildman–Crippen MR) is 137 cm³/mol. The maximum absolute atomic E-state index is 13.4. The van der Waals surface area contributed by atoms with E-state index in [-0.39, 0.29) is 12.7 Å². The third-order valence-corrected chi connectivity index (χ3v) is 6.99. The number of rotatable bonds is 9. The van der Waals surface area contributed by atoms with Crippen molar-refractivity contribution in [3.8, 4) is 17.2 Å². The SMILES string of the molecule is CCOc1cccc2sc(N(CCCN3CCOCC3)C(=O)/C=C/c3ccc4c(c3)OCO4)nc12. The molecule has 0 saturated carbocycles. The molecule has 2 aliphatic rings. The number of amides is 1. The van der Waals surface area contributed by atoms with Gasteiger partial charge >= 0.3 is 0 Å². The van der Waals surface area contributed by atoms with Gasteiger partial charge in [-0.05, 0) is 49.2 Å². The molecule has 35 heavy (non-hydrogen) atoms. The van der Waals surface area contributed by atoms with Crippen LogP contribution in [0.15, 0.2) is 42.5 Å². The van der Waals surface area contributed by atoms with Crippen molar-refractivity contribution in [1.29, 1.82) is 0 Å². The van der Waals surface area contributed by atoms with Crippen LogP contribution in [0.3, 0.4) is 0 Å². The first-order valence-corrected chi connectivity index (χ1v) is 12.7. The molecule has 3 aromatic rings. The van der Waals surface area contributed by atoms with Crippen LogP contribution in [0.2, 0.25) is 0 Å². The van der Waals surface area contributed by atoms with Gasteiger partial charge in [0.15, 0.2) is 16.6 Å². The number of benzene rings is 2. The second kappa shape index (κ2) is 11.1. The van der Waals surface area contributed by atoms with Crippen molar-refractivity contribution in [3.05, 3.63) is 48.0 Å². The van der Waals surface area contributed by atoms with Crippen molar-refractivity contribution in [1.82, 2.24) is 9.88 Å². The number of nitrogens with zero attached hydrogens (tertiary/aromatic N) is 3. The number of hydrogen-bond acceptors (Lipinski definition) is 8. The second-order valence-corrected chi connectivity index (χ2v) is 9.28. The van der Waals surface area contributed by atoms with Gasteiger partial charge in [-0.1, -0.05) is 23.5 Å². The zero-order valence-electron chi connectivity index (χ0n) is 19.8. The Morgan fingerprint density at radius 3 is 2.91 bits per heavy atom. The Balaban J connectivity index is 1.36. The number of para-hydroxylation sites is 1. The minimum atomic E-state index is -0.110. The van der Waals surface area contributed by atoms with E-state index in [1.165, 1.54) is 11.3 Å². The fraction of sp³-hybridized carbons (Fsp3) is 0.385. The van der Waals surface area contributed by atoms with Gasteiger partial charge in [-0.3, -0.25) is 14.6 Å². The molecular weight excluding hydrogens is 466 g/mol. The summed E-state index contributed by atoms with van der Waals surface area (Å²) >= 11 is 1.51. The van der Waals surface area contributed by atoms with Gasteiger partial charge < -0.3 is 18.9 Å². The van der Waals surface area contributed by atoms with E-state index in [0.29, 0.717) is 24.0 Å². The molecule has 1 saturated heterocycles. The summed E-state index contributed by atoms with van der Waals surface area (Å²) < 4.78 is 23.0. The normalized spacial score (nSPS) is 15.7. The molecule has 2 aromatic carbocycles. The quantitative estimate of drug-likeness (QED) is 0.412. The summed E-state index contributed by atoms with van der Waals surface area (Å²) in [5.74, 6) is 2.04. The Morgan fingerprint density at radius 2 is 2.06 bits per heavy atom. The number of aromatic nitrogens is 1. The number of ether oxygens (including phenoxy) is 4. The van der Waals surface area contributed by atoms with Gasteiger partial charge in [0.05, 0.1) is 24.5 Å². The Kier molecular flexibility index (Phi) is 7.46. The van der Waals surface area contributed by atoms with Crippen molar-refractivity contribution in [2.45, 2.75) is 13.3 Å². The van der Waals surface area contributed by atoms with Gasteiger partial charge in [0.25, 0.3) is 5.91 Å². The molecule has 0 radical (unpaired) electrons. The zero-order valence-corrected chi connectivity index (χ0v) is 20.6. The van der Waals surface area contributed by atoms with Gasteiger partial charge in [0.1, 0.15) is 11.3 Å². The fourth-order valence-corrected chi connectivity index (χ4v) is 5.17. The number of hydrogen-bond donors (Lipinski definition) is 0. The largest absolute Gasteiger partial charge is 0.492 e. The van der Waals surface area contributed by atoms with Crippen LogP contribution in [0.4, 0.5) is 5.13 Å². The third kappa shape index (κ3) is 5.58. The molecule has 9 heteroatoms. The molecule has 5 rings (SSSR count). The number of fused-ring (bicyclic) bond motifs is 2. The van der Waals surface area contributed by atoms with E-state index in [9.17, 15) is 4.79 Å². The molecule has 1 fully saturated rings. The van der Waals surface area contributed by atoms with E-state index in [1.54, 1.807) is 17.1 Å². The molecular formula is C26H29N3O5S. The van der Waals surface area contributed by atoms with Crippen molar-refractivity contribution >= 4 is 38.7 Å². The van der Waals surface area contributed by atoms with Crippen molar-refractivity contribution in [3.63, 3.8) is 0 Å². The van der Waals surface area contributed by atoms with Gasteiger partial charge in [0.2, 0.25) is 6.79 Å². The van der Waals surface area contributed by atoms with E-state index in [2.05, 4.69) is 4.90 Å². The van der Waals surface area contributed by atoms with Gasteiger partial charge in [0, 0.05) is 32.3 Å². The number of carbonyl (C=O) groups excluding carboxylic acids is 1. The van der Waals surface area contributed by atoms with E-state index in [0.717, 1.165) is 66.5 Å². The number of anilines is 1. The highest BCUT2D eigenvalue weighted by Gasteiger charge is 2.20. The molecule has 0 N–H and O–H groups in total. The minimum Gasteiger partial charge on any atom is -0.492 e. The lowest BCUT2D eigenvalue weighted by molar-refractivity contribution is -0.114. The van der Waals surface area contributed by atoms with Crippen molar-refractivity contribution in [2.75, 3.05) is 57.7 Å². The topological polar surface area (TPSA) is 73.4 Å². The van der Waals surface area contributed by atoms with E-state index in [4.69, 9.17) is 23.9 Å². The first-order valence-electron chi connectivity index (χ1n) is 11.9. The molecule has 184 valence electrons. The summed E-state index contributed by atoms with van der Waals surface area (Å²) in [6, 6.07) is 11.5. The van der Waals surface area contributed by atoms with Crippen LogP contribution in [0, 0.1) is 0 Å². The highest BCUT2D eigenvalue weighted by molar-refractivity contribution is 7.22. The summed E-state index contributed by atoms with van der Waals surface area (Å²) in [5.41, 5.74) is 1.67. The molecule has 0 aliphatic carbocycles. The third-order valence-electron chi connectivity index (χ3n) is 5.94. The molecule has 2 aliphatic heterocycles. The van der Waals surface area contributed by atoms with Crippen LogP contribution in [-0.2, 0) is 9.53 Å². The van der Waals surface area contributed by atoms with Crippen molar-refractivity contribution in [2.24, 2.45) is 0 Å². The predicted octanol–water partition coefficient (Wildman–Crippen LogP) is 4.19. The molecule has 0 bridgehead atoms. The zero-order chi connectivity index (χ0) is 24.0. The maximum atomic E-state index is 13.4. The molecule has 3 heterocycles. The fourth-order valence-electron chi connectivity index (χ4n) is 4.15. The molecule has 1 amide bonds. The summed E-state index contributed by atoms with van der Waals surface area (Å²) in [5, 5.41) is 0.675. The Bertz CT molecular complexity index is 1200. The monoisotopic (exact) mass is 495 g/mol. The molecule has 1 aromatic heterocycles. The molecule has 0 unspecified atom stereocenters. The smallest absolute Gasteiger partial charge is 0.252 e. The molecule has 0 spiro atoms. The van der Waals surface area contributed by atoms with Gasteiger partial charge in [-0.15, -0.1) is 0 Å². The summed E-state index contributed by atoms with van der Waals surface area (Å²) in [6.45, 7) is 7.60. The lowest BCUT2D eigenvalue weighted by Gasteiger charge is -2.27. The van der Waals surface area contributed by atoms with Crippen LogP contribution in [0.25, 0.3) is 16.3 Å². The van der Waals surface area contributed by atoms with E-state index in [1.807, 2.05) is 43.3 Å². The Morgan fingerprint density at radius 1 is 1.20 bits per heavy atom. The Labute approximate surface area is 208 Å². The number of thiazole rings is 1. The van der Waals surface area contributed by atoms with Crippen molar-refractivity contribution < 1.29 is 23.7 Å². The Hall–Kier alpha value is -3.14. The molecule has 0 atom stereocenters. The first kappa shape index (κ1) is 23.6. The van der Waals surface area contributed by atoms with Crippen LogP contribution in [0.1, 0.15) is 18.9 Å². The van der Waals surface area contributed by atoms with Crippen LogP contribution < -0.4 is 19.1 Å². The van der Waals surface area contributed by atoms with Gasteiger partial charge in [-0.25, -0.2) is 4.98 Å².